The van der Waals surface area contributed by atoms with Gasteiger partial charge in [-0.3, -0.25) is 9.69 Å². The molecular weight excluding hydrogens is 316 g/mol. The number of benzene rings is 1. The molecule has 2 atom stereocenters. The predicted molar refractivity (Wildman–Crippen MR) is 97.5 cm³/mol. The normalized spacial score (nSPS) is 22.3. The van der Waals surface area contributed by atoms with Crippen LogP contribution in [-0.4, -0.2) is 59.2 Å². The van der Waals surface area contributed by atoms with Gasteiger partial charge in [-0.1, -0.05) is 18.2 Å². The molecule has 0 spiro atoms. The van der Waals surface area contributed by atoms with E-state index in [0.717, 1.165) is 63.2 Å². The fourth-order valence-corrected chi connectivity index (χ4v) is 3.96. The van der Waals surface area contributed by atoms with Crippen LogP contribution in [0, 0.1) is 0 Å². The second-order valence-electron chi connectivity index (χ2n) is 7.34. The smallest absolute Gasteiger partial charge is 0.260 e. The maximum absolute atomic E-state index is 12.2. The van der Waals surface area contributed by atoms with Gasteiger partial charge in [-0.2, -0.15) is 0 Å². The van der Waals surface area contributed by atoms with Gasteiger partial charge in [0.15, 0.2) is 6.61 Å². The summed E-state index contributed by atoms with van der Waals surface area (Å²) in [7, 11) is 0. The molecule has 0 aromatic heterocycles. The van der Waals surface area contributed by atoms with Crippen molar-refractivity contribution in [2.24, 2.45) is 0 Å². The summed E-state index contributed by atoms with van der Waals surface area (Å²) in [5, 5.41) is 9.71. The minimum absolute atomic E-state index is 0.0838. The minimum atomic E-state index is -0.268. The lowest BCUT2D eigenvalue weighted by Gasteiger charge is -2.26. The number of hydrogen-bond acceptors (Lipinski definition) is 4. The molecule has 2 heterocycles. The molecule has 0 saturated carbocycles. The molecular formula is C20H30N2O3. The third-order valence-electron chi connectivity index (χ3n) is 5.27. The molecule has 1 aromatic rings. The van der Waals surface area contributed by atoms with Gasteiger partial charge in [-0.25, -0.2) is 0 Å². The summed E-state index contributed by atoms with van der Waals surface area (Å²) < 4.78 is 5.87. The van der Waals surface area contributed by atoms with E-state index in [1.807, 2.05) is 30.0 Å². The van der Waals surface area contributed by atoms with Crippen molar-refractivity contribution in [2.75, 3.05) is 26.2 Å². The molecule has 2 saturated heterocycles. The van der Waals surface area contributed by atoms with Gasteiger partial charge < -0.3 is 14.7 Å². The van der Waals surface area contributed by atoms with E-state index in [0.29, 0.717) is 6.04 Å². The molecule has 0 radical (unpaired) electrons. The third-order valence-corrected chi connectivity index (χ3v) is 5.27. The number of likely N-dealkylation sites (tertiary alicyclic amines) is 2. The summed E-state index contributed by atoms with van der Waals surface area (Å²) >= 11 is 0. The number of hydrogen-bond donors (Lipinski definition) is 1. The van der Waals surface area contributed by atoms with E-state index in [9.17, 15) is 9.90 Å². The molecule has 1 N–H and O–H groups in total. The Labute approximate surface area is 150 Å². The Balaban J connectivity index is 1.59. The zero-order chi connectivity index (χ0) is 17.6. The second-order valence-corrected chi connectivity index (χ2v) is 7.34. The predicted octanol–water partition coefficient (Wildman–Crippen LogP) is 2.42. The molecule has 2 fully saturated rings. The highest BCUT2D eigenvalue weighted by Crippen LogP contribution is 2.27. The van der Waals surface area contributed by atoms with Gasteiger partial charge in [-0.15, -0.1) is 0 Å². The number of aliphatic hydroxyl groups is 1. The van der Waals surface area contributed by atoms with E-state index in [-0.39, 0.29) is 18.6 Å². The molecule has 138 valence electrons. The fourth-order valence-electron chi connectivity index (χ4n) is 3.96. The number of para-hydroxylation sites is 1. The van der Waals surface area contributed by atoms with E-state index in [1.54, 1.807) is 0 Å². The molecule has 3 rings (SSSR count). The molecule has 2 aliphatic rings. The molecule has 5 heteroatoms. The van der Waals surface area contributed by atoms with Gasteiger partial charge in [-0.05, 0) is 51.6 Å². The van der Waals surface area contributed by atoms with Gasteiger partial charge in [0.1, 0.15) is 5.75 Å². The molecule has 5 nitrogen and oxygen atoms in total. The Morgan fingerprint density at radius 3 is 2.76 bits per heavy atom. The van der Waals surface area contributed by atoms with E-state index in [2.05, 4.69) is 11.0 Å². The average molecular weight is 346 g/mol. The van der Waals surface area contributed by atoms with Crippen LogP contribution in [0.2, 0.25) is 0 Å². The highest BCUT2D eigenvalue weighted by atomic mass is 16.5. The minimum Gasteiger partial charge on any atom is -0.483 e. The van der Waals surface area contributed by atoms with Crippen molar-refractivity contribution in [3.63, 3.8) is 0 Å². The van der Waals surface area contributed by atoms with E-state index in [4.69, 9.17) is 4.74 Å². The Bertz CT molecular complexity index is 570. The van der Waals surface area contributed by atoms with Crippen LogP contribution in [0.25, 0.3) is 0 Å². The van der Waals surface area contributed by atoms with Gasteiger partial charge in [0, 0.05) is 31.2 Å². The zero-order valence-corrected chi connectivity index (χ0v) is 15.2. The average Bonchev–Trinajstić information content (AvgIpc) is 3.26. The van der Waals surface area contributed by atoms with Crippen LogP contribution in [0.3, 0.4) is 0 Å². The van der Waals surface area contributed by atoms with Crippen LogP contribution in [0.15, 0.2) is 24.3 Å². The first kappa shape index (κ1) is 18.2. The van der Waals surface area contributed by atoms with Gasteiger partial charge in [0.25, 0.3) is 5.91 Å². The number of aliphatic hydroxyl groups excluding tert-OH is 1. The van der Waals surface area contributed by atoms with Crippen LogP contribution in [0.5, 0.6) is 5.75 Å². The number of carbonyl (C=O) groups excluding carboxylic acids is 1. The largest absolute Gasteiger partial charge is 0.483 e. The van der Waals surface area contributed by atoms with Crippen LogP contribution in [0.1, 0.15) is 44.6 Å². The van der Waals surface area contributed by atoms with E-state index in [1.165, 1.54) is 6.42 Å². The Hall–Kier alpha value is -1.59. The zero-order valence-electron chi connectivity index (χ0n) is 15.2. The van der Waals surface area contributed by atoms with Crippen LogP contribution in [-0.2, 0) is 11.3 Å². The quantitative estimate of drug-likeness (QED) is 0.824. The summed E-state index contributed by atoms with van der Waals surface area (Å²) in [5.74, 6) is 0.887. The number of carbonyl (C=O) groups is 1. The summed E-state index contributed by atoms with van der Waals surface area (Å²) in [6, 6.07) is 8.43. The summed E-state index contributed by atoms with van der Waals surface area (Å²) in [5.41, 5.74) is 1.12. The SMILES string of the molecule is CC(O)CC1CCCN1Cc1ccccc1OCC(=O)N1CCCC1. The lowest BCUT2D eigenvalue weighted by Crippen LogP contribution is -2.33. The highest BCUT2D eigenvalue weighted by Gasteiger charge is 2.26. The van der Waals surface area contributed by atoms with Gasteiger partial charge in [0.2, 0.25) is 0 Å². The van der Waals surface area contributed by atoms with Crippen LogP contribution >= 0.6 is 0 Å². The first-order valence-electron chi connectivity index (χ1n) is 9.54. The van der Waals surface area contributed by atoms with E-state index < -0.39 is 0 Å². The monoisotopic (exact) mass is 346 g/mol. The topological polar surface area (TPSA) is 53.0 Å². The van der Waals surface area contributed by atoms with Crippen molar-refractivity contribution in [2.45, 2.75) is 57.7 Å². The van der Waals surface area contributed by atoms with Crippen LogP contribution < -0.4 is 4.74 Å². The number of rotatable bonds is 7. The van der Waals surface area contributed by atoms with Crippen molar-refractivity contribution in [3.8, 4) is 5.75 Å². The first-order valence-corrected chi connectivity index (χ1v) is 9.54. The van der Waals surface area contributed by atoms with Crippen molar-refractivity contribution in [1.82, 2.24) is 9.80 Å². The standard InChI is InChI=1S/C20H30N2O3/c1-16(23)13-18-8-6-12-22(18)14-17-7-2-3-9-19(17)25-15-20(24)21-10-4-5-11-21/h2-3,7,9,16,18,23H,4-6,8,10-15H2,1H3. The van der Waals surface area contributed by atoms with Crippen molar-refractivity contribution < 1.29 is 14.6 Å². The number of nitrogens with zero attached hydrogens (tertiary/aromatic N) is 2. The molecule has 1 aromatic carbocycles. The lowest BCUT2D eigenvalue weighted by molar-refractivity contribution is -0.132. The maximum atomic E-state index is 12.2. The maximum Gasteiger partial charge on any atom is 0.260 e. The molecule has 2 aliphatic heterocycles. The Morgan fingerprint density at radius 1 is 1.24 bits per heavy atom. The van der Waals surface area contributed by atoms with Crippen LogP contribution in [0.4, 0.5) is 0 Å². The third kappa shape index (κ3) is 4.95. The van der Waals surface area contributed by atoms with Crippen molar-refractivity contribution in [1.29, 1.82) is 0 Å². The molecule has 0 aliphatic carbocycles. The van der Waals surface area contributed by atoms with E-state index >= 15 is 0 Å². The first-order chi connectivity index (χ1) is 12.1. The van der Waals surface area contributed by atoms with Crippen molar-refractivity contribution >= 4 is 5.91 Å². The second kappa shape index (κ2) is 8.68. The molecule has 25 heavy (non-hydrogen) atoms. The Morgan fingerprint density at radius 2 is 2.00 bits per heavy atom. The lowest BCUT2D eigenvalue weighted by atomic mass is 10.1. The summed E-state index contributed by atoms with van der Waals surface area (Å²) in [6.07, 6.45) is 5.06. The Kier molecular flexibility index (Phi) is 6.32. The van der Waals surface area contributed by atoms with Crippen molar-refractivity contribution in [3.05, 3.63) is 29.8 Å². The highest BCUT2D eigenvalue weighted by molar-refractivity contribution is 5.78. The number of ether oxygens (including phenoxy) is 1. The molecule has 0 bridgehead atoms. The molecule has 2 unspecified atom stereocenters. The summed E-state index contributed by atoms with van der Waals surface area (Å²) in [4.78, 5) is 16.5. The van der Waals surface area contributed by atoms with Gasteiger partial charge in [0.05, 0.1) is 6.10 Å². The van der Waals surface area contributed by atoms with Gasteiger partial charge >= 0.3 is 0 Å². The summed E-state index contributed by atoms with van der Waals surface area (Å²) in [6.45, 7) is 5.56. The molecule has 1 amide bonds. The fraction of sp³-hybridized carbons (Fsp3) is 0.650. The number of amides is 1.